The summed E-state index contributed by atoms with van der Waals surface area (Å²) in [4.78, 5) is 3.93. The van der Waals surface area contributed by atoms with Crippen molar-refractivity contribution in [2.24, 2.45) is 5.10 Å². The molecule has 0 saturated heterocycles. The highest BCUT2D eigenvalue weighted by Gasteiger charge is 2.07. The van der Waals surface area contributed by atoms with Crippen LogP contribution >= 0.6 is 11.8 Å². The van der Waals surface area contributed by atoms with Crippen molar-refractivity contribution in [2.75, 3.05) is 11.2 Å². The Bertz CT molecular complexity index is 654. The van der Waals surface area contributed by atoms with E-state index in [1.54, 1.807) is 0 Å². The number of thioether (sulfide) groups is 1. The number of nitrogens with zero attached hydrogens (tertiary/aromatic N) is 2. The SMILES string of the molecule is FC(F)=C(F)CCSc1ncc(C=NNc2ccccc2)o1. The number of oxazole rings is 1. The maximum atomic E-state index is 12.6. The molecule has 1 aromatic heterocycles. The van der Waals surface area contributed by atoms with Crippen molar-refractivity contribution < 1.29 is 17.6 Å². The van der Waals surface area contributed by atoms with E-state index in [4.69, 9.17) is 4.42 Å². The van der Waals surface area contributed by atoms with E-state index in [9.17, 15) is 13.2 Å². The second-order valence-electron chi connectivity index (χ2n) is 4.03. The maximum Gasteiger partial charge on any atom is 0.301 e. The molecule has 0 saturated carbocycles. The monoisotopic (exact) mass is 327 g/mol. The summed E-state index contributed by atoms with van der Waals surface area (Å²) in [5.41, 5.74) is 3.63. The van der Waals surface area contributed by atoms with Gasteiger partial charge in [-0.3, -0.25) is 5.43 Å². The van der Waals surface area contributed by atoms with E-state index in [-0.39, 0.29) is 17.4 Å². The minimum absolute atomic E-state index is 0.114. The first-order chi connectivity index (χ1) is 10.6. The molecule has 1 N–H and O–H groups in total. The number of aromatic nitrogens is 1. The molecule has 4 nitrogen and oxygen atoms in total. The molecule has 0 atom stereocenters. The fourth-order valence-corrected chi connectivity index (χ4v) is 2.14. The molecule has 0 aliphatic carbocycles. The topological polar surface area (TPSA) is 50.4 Å². The Kier molecular flexibility index (Phi) is 6.08. The second-order valence-corrected chi connectivity index (χ2v) is 5.07. The van der Waals surface area contributed by atoms with Crippen molar-refractivity contribution in [3.63, 3.8) is 0 Å². The normalized spacial score (nSPS) is 10.9. The molecular formula is C14H12F3N3OS. The molecule has 2 rings (SSSR count). The molecule has 0 aliphatic rings. The third-order valence-corrected chi connectivity index (χ3v) is 3.26. The summed E-state index contributed by atoms with van der Waals surface area (Å²) in [6, 6.07) is 9.33. The predicted octanol–water partition coefficient (Wildman–Crippen LogP) is 4.68. The van der Waals surface area contributed by atoms with Crippen molar-refractivity contribution in [1.82, 2.24) is 4.98 Å². The molecule has 0 fully saturated rings. The third-order valence-electron chi connectivity index (χ3n) is 2.41. The first kappa shape index (κ1) is 16.2. The zero-order valence-electron chi connectivity index (χ0n) is 11.3. The van der Waals surface area contributed by atoms with Crippen LogP contribution < -0.4 is 5.43 Å². The Morgan fingerprint density at radius 1 is 1.27 bits per heavy atom. The fraction of sp³-hybridized carbons (Fsp3) is 0.143. The number of anilines is 1. The number of hydrazone groups is 1. The lowest BCUT2D eigenvalue weighted by molar-refractivity contribution is 0.373. The van der Waals surface area contributed by atoms with Crippen molar-refractivity contribution in [3.05, 3.63) is 54.2 Å². The van der Waals surface area contributed by atoms with Gasteiger partial charge in [0.2, 0.25) is 0 Å². The Hall–Kier alpha value is -2.22. The Morgan fingerprint density at radius 3 is 2.77 bits per heavy atom. The van der Waals surface area contributed by atoms with E-state index in [1.165, 1.54) is 12.4 Å². The molecule has 0 amide bonds. The van der Waals surface area contributed by atoms with Gasteiger partial charge in [0.15, 0.2) is 11.6 Å². The molecular weight excluding hydrogens is 315 g/mol. The van der Waals surface area contributed by atoms with Crippen LogP contribution in [0.5, 0.6) is 0 Å². The van der Waals surface area contributed by atoms with Gasteiger partial charge < -0.3 is 4.42 Å². The van der Waals surface area contributed by atoms with Gasteiger partial charge in [0.25, 0.3) is 5.22 Å². The number of rotatable bonds is 7. The third kappa shape index (κ3) is 5.28. The van der Waals surface area contributed by atoms with Gasteiger partial charge in [-0.1, -0.05) is 30.0 Å². The van der Waals surface area contributed by atoms with Gasteiger partial charge in [-0.15, -0.1) is 0 Å². The molecule has 2 aromatic rings. The smallest absolute Gasteiger partial charge is 0.301 e. The Balaban J connectivity index is 1.80. The maximum absolute atomic E-state index is 12.6. The van der Waals surface area contributed by atoms with E-state index in [0.29, 0.717) is 5.76 Å². The van der Waals surface area contributed by atoms with Crippen LogP contribution in [0.2, 0.25) is 0 Å². The average molecular weight is 327 g/mol. The van der Waals surface area contributed by atoms with Crippen LogP contribution in [-0.4, -0.2) is 17.0 Å². The summed E-state index contributed by atoms with van der Waals surface area (Å²) in [5.74, 6) is -0.894. The molecule has 0 unspecified atom stereocenters. The van der Waals surface area contributed by atoms with Crippen LogP contribution in [-0.2, 0) is 0 Å². The zero-order valence-corrected chi connectivity index (χ0v) is 12.1. The van der Waals surface area contributed by atoms with Crippen LogP contribution in [0.4, 0.5) is 18.9 Å². The van der Waals surface area contributed by atoms with E-state index >= 15 is 0 Å². The van der Waals surface area contributed by atoms with E-state index in [0.717, 1.165) is 17.4 Å². The molecule has 8 heteroatoms. The standard InChI is InChI=1S/C14H12F3N3OS/c15-12(13(16)17)6-7-22-14-18-8-11(21-14)9-19-20-10-4-2-1-3-5-10/h1-5,8-9,20H,6-7H2. The summed E-state index contributed by atoms with van der Waals surface area (Å²) in [7, 11) is 0. The number of allylic oxidation sites excluding steroid dienone is 1. The molecule has 0 radical (unpaired) electrons. The number of hydrogen-bond acceptors (Lipinski definition) is 5. The molecule has 0 bridgehead atoms. The Morgan fingerprint density at radius 2 is 2.05 bits per heavy atom. The number of halogens is 3. The lowest BCUT2D eigenvalue weighted by Crippen LogP contribution is -1.88. The molecule has 1 aromatic carbocycles. The highest BCUT2D eigenvalue weighted by atomic mass is 32.2. The number of hydrogen-bond donors (Lipinski definition) is 1. The fourth-order valence-electron chi connectivity index (χ4n) is 1.40. The van der Waals surface area contributed by atoms with Gasteiger partial charge in [0.05, 0.1) is 18.1 Å². The summed E-state index contributed by atoms with van der Waals surface area (Å²) < 4.78 is 41.6. The summed E-state index contributed by atoms with van der Waals surface area (Å²) in [5, 5.41) is 4.24. The average Bonchev–Trinajstić information content (AvgIpc) is 2.96. The molecule has 0 aliphatic heterocycles. The highest BCUT2D eigenvalue weighted by molar-refractivity contribution is 7.99. The summed E-state index contributed by atoms with van der Waals surface area (Å²) >= 11 is 1.05. The molecule has 0 spiro atoms. The molecule has 116 valence electrons. The van der Waals surface area contributed by atoms with Gasteiger partial charge in [0, 0.05) is 12.2 Å². The zero-order chi connectivity index (χ0) is 15.8. The van der Waals surface area contributed by atoms with Crippen LogP contribution in [0.25, 0.3) is 0 Å². The second kappa shape index (κ2) is 8.28. The molecule has 1 heterocycles. The van der Waals surface area contributed by atoms with Crippen molar-refractivity contribution in [2.45, 2.75) is 11.6 Å². The van der Waals surface area contributed by atoms with Crippen LogP contribution in [0.1, 0.15) is 12.2 Å². The minimum atomic E-state index is -2.28. The first-order valence-corrected chi connectivity index (χ1v) is 7.26. The number of para-hydroxylation sites is 1. The van der Waals surface area contributed by atoms with Crippen LogP contribution in [0, 0.1) is 0 Å². The van der Waals surface area contributed by atoms with Gasteiger partial charge in [-0.2, -0.15) is 13.9 Å². The van der Waals surface area contributed by atoms with Crippen molar-refractivity contribution in [1.29, 1.82) is 0 Å². The van der Waals surface area contributed by atoms with Gasteiger partial charge in [-0.25, -0.2) is 9.37 Å². The van der Waals surface area contributed by atoms with E-state index < -0.39 is 11.9 Å². The van der Waals surface area contributed by atoms with Crippen molar-refractivity contribution in [3.8, 4) is 0 Å². The quantitative estimate of drug-likeness (QED) is 0.456. The molecule has 22 heavy (non-hydrogen) atoms. The van der Waals surface area contributed by atoms with E-state index in [2.05, 4.69) is 15.5 Å². The van der Waals surface area contributed by atoms with Gasteiger partial charge in [0.1, 0.15) is 0 Å². The first-order valence-electron chi connectivity index (χ1n) is 6.27. The largest absolute Gasteiger partial charge is 0.430 e. The number of benzene rings is 1. The lowest BCUT2D eigenvalue weighted by Gasteiger charge is -1.97. The number of nitrogens with one attached hydrogen (secondary N) is 1. The predicted molar refractivity (Wildman–Crippen MR) is 79.9 cm³/mol. The highest BCUT2D eigenvalue weighted by Crippen LogP contribution is 2.22. The van der Waals surface area contributed by atoms with Crippen LogP contribution in [0.15, 0.2) is 63.2 Å². The van der Waals surface area contributed by atoms with Gasteiger partial charge in [-0.05, 0) is 12.1 Å². The Labute approximate surface area is 129 Å². The van der Waals surface area contributed by atoms with Crippen molar-refractivity contribution >= 4 is 23.7 Å². The summed E-state index contributed by atoms with van der Waals surface area (Å²) in [6.45, 7) is 0. The van der Waals surface area contributed by atoms with Gasteiger partial charge >= 0.3 is 6.08 Å². The lowest BCUT2D eigenvalue weighted by atomic mass is 10.3. The van der Waals surface area contributed by atoms with Crippen LogP contribution in [0.3, 0.4) is 0 Å². The minimum Gasteiger partial charge on any atom is -0.430 e. The summed E-state index contributed by atoms with van der Waals surface area (Å²) in [6.07, 6.45) is 0.230. The van der Waals surface area contributed by atoms with E-state index in [1.807, 2.05) is 30.3 Å².